The third-order valence-electron chi connectivity index (χ3n) is 9.26. The fourth-order valence-corrected chi connectivity index (χ4v) is 7.88. The molecule has 2 aromatic rings. The number of halogens is 4. The molecule has 212 valence electrons. The van der Waals surface area contributed by atoms with Gasteiger partial charge in [-0.15, -0.1) is 0 Å². The van der Waals surface area contributed by atoms with Crippen molar-refractivity contribution in [2.24, 2.45) is 5.92 Å². The van der Waals surface area contributed by atoms with E-state index in [0.29, 0.717) is 21.9 Å². The predicted octanol–water partition coefficient (Wildman–Crippen LogP) is 10.2. The molecule has 1 saturated heterocycles. The fourth-order valence-electron chi connectivity index (χ4n) is 6.98. The van der Waals surface area contributed by atoms with E-state index >= 15 is 0 Å². The second-order valence-electron chi connectivity index (χ2n) is 11.6. The molecule has 2 aromatic carbocycles. The Labute approximate surface area is 258 Å². The topological polar surface area (TPSA) is 15.7 Å². The van der Waals surface area contributed by atoms with Gasteiger partial charge in [-0.05, 0) is 93.0 Å². The molecular weight excluding hydrogens is 582 g/mol. The lowest BCUT2D eigenvalue weighted by Crippen LogP contribution is -2.37. The van der Waals surface area contributed by atoms with Gasteiger partial charge < -0.3 is 9.64 Å². The number of hydrogen-bond donors (Lipinski definition) is 0. The highest BCUT2D eigenvalue weighted by atomic mass is 35.5. The Kier molecular flexibility index (Phi) is 8.00. The lowest BCUT2D eigenvalue weighted by Gasteiger charge is -2.36. The van der Waals surface area contributed by atoms with E-state index in [1.54, 1.807) is 0 Å². The molecule has 0 aromatic heterocycles. The maximum atomic E-state index is 6.98. The first-order chi connectivity index (χ1) is 19.2. The first-order valence-corrected chi connectivity index (χ1v) is 16.1. The van der Waals surface area contributed by atoms with E-state index in [9.17, 15) is 0 Å². The van der Waals surface area contributed by atoms with Crippen LogP contribution in [0.5, 0.6) is 5.75 Å². The minimum atomic E-state index is 0.213. The van der Waals surface area contributed by atoms with Gasteiger partial charge in [0.05, 0.1) is 26.1 Å². The van der Waals surface area contributed by atoms with Crippen LogP contribution in [-0.4, -0.2) is 37.1 Å². The molecule has 3 atom stereocenters. The second kappa shape index (κ2) is 11.2. The molecule has 40 heavy (non-hydrogen) atoms. The van der Waals surface area contributed by atoms with Crippen LogP contribution in [0.25, 0.3) is 5.57 Å². The van der Waals surface area contributed by atoms with Crippen molar-refractivity contribution in [1.82, 2.24) is 4.90 Å². The summed E-state index contributed by atoms with van der Waals surface area (Å²) in [5, 5.41) is 1.35. The van der Waals surface area contributed by atoms with Gasteiger partial charge in [-0.25, -0.2) is 0 Å². The monoisotopic (exact) mass is 616 g/mol. The van der Waals surface area contributed by atoms with E-state index in [1.165, 1.54) is 36.1 Å². The van der Waals surface area contributed by atoms with E-state index < -0.39 is 0 Å². The number of nitrogens with zero attached hydrogens (tertiary/aromatic N) is 2. The highest BCUT2D eigenvalue weighted by molar-refractivity contribution is 6.52. The summed E-state index contributed by atoms with van der Waals surface area (Å²) in [6.45, 7) is 13.2. The largest absolute Gasteiger partial charge is 0.456 e. The Balaban J connectivity index is 1.66. The van der Waals surface area contributed by atoms with Gasteiger partial charge in [-0.2, -0.15) is 0 Å². The third-order valence-corrected chi connectivity index (χ3v) is 11.0. The number of ether oxygens (including phenoxy) is 1. The average molecular weight is 618 g/mol. The van der Waals surface area contributed by atoms with Crippen LogP contribution in [0.1, 0.15) is 76.0 Å². The predicted molar refractivity (Wildman–Crippen MR) is 171 cm³/mol. The van der Waals surface area contributed by atoms with E-state index in [4.69, 9.17) is 51.1 Å². The minimum absolute atomic E-state index is 0.213. The van der Waals surface area contributed by atoms with Crippen molar-refractivity contribution in [3.63, 3.8) is 0 Å². The van der Waals surface area contributed by atoms with Gasteiger partial charge in [0, 0.05) is 47.1 Å². The fraction of sp³-hybridized carbons (Fsp3) is 0.455. The maximum Gasteiger partial charge on any atom is 0.137 e. The third kappa shape index (κ3) is 4.71. The van der Waals surface area contributed by atoms with Crippen LogP contribution < -0.4 is 9.64 Å². The van der Waals surface area contributed by atoms with Crippen LogP contribution in [0.2, 0.25) is 20.1 Å². The minimum Gasteiger partial charge on any atom is -0.456 e. The van der Waals surface area contributed by atoms with E-state index in [1.807, 2.05) is 6.07 Å². The Morgan fingerprint density at radius 3 is 2.35 bits per heavy atom. The van der Waals surface area contributed by atoms with Crippen molar-refractivity contribution >= 4 is 57.7 Å². The quantitative estimate of drug-likeness (QED) is 0.252. The molecule has 3 nitrogen and oxygen atoms in total. The molecule has 3 heterocycles. The second-order valence-corrected chi connectivity index (χ2v) is 13.1. The van der Waals surface area contributed by atoms with Gasteiger partial charge in [0.25, 0.3) is 0 Å². The summed E-state index contributed by atoms with van der Waals surface area (Å²) < 4.78 is 6.83. The molecule has 0 spiro atoms. The SMILES string of the molecule is CCN1CCCC(C)c2cc3c(cc21)OC1=CC2C(=CC1=C3c1cc(Cl)c(Cl)c(Cl)c1Cl)C(C)CCCN2CC. The lowest BCUT2D eigenvalue weighted by atomic mass is 9.80. The molecule has 0 saturated carbocycles. The van der Waals surface area contributed by atoms with Crippen molar-refractivity contribution in [1.29, 1.82) is 0 Å². The smallest absolute Gasteiger partial charge is 0.137 e. The summed E-state index contributed by atoms with van der Waals surface area (Å²) in [4.78, 5) is 5.03. The first kappa shape index (κ1) is 28.5. The molecule has 0 radical (unpaired) electrons. The summed E-state index contributed by atoms with van der Waals surface area (Å²) in [6, 6.07) is 6.65. The number of likely N-dealkylation sites (N-methyl/N-ethyl adjacent to an activating group) is 1. The van der Waals surface area contributed by atoms with Crippen molar-refractivity contribution in [3.8, 4) is 5.75 Å². The van der Waals surface area contributed by atoms with Crippen LogP contribution in [0.15, 0.2) is 47.3 Å². The number of anilines is 1. The van der Waals surface area contributed by atoms with E-state index in [2.05, 4.69) is 61.8 Å². The van der Waals surface area contributed by atoms with Crippen LogP contribution in [-0.2, 0) is 0 Å². The Morgan fingerprint density at radius 2 is 1.60 bits per heavy atom. The van der Waals surface area contributed by atoms with Crippen molar-refractivity contribution in [2.75, 3.05) is 31.1 Å². The van der Waals surface area contributed by atoms with Crippen LogP contribution in [0.3, 0.4) is 0 Å². The Morgan fingerprint density at radius 1 is 0.850 bits per heavy atom. The molecule has 3 unspecified atom stereocenters. The number of hydrogen-bond acceptors (Lipinski definition) is 3. The van der Waals surface area contributed by atoms with Gasteiger partial charge in [0.15, 0.2) is 0 Å². The number of rotatable bonds is 3. The zero-order chi connectivity index (χ0) is 28.3. The Bertz CT molecular complexity index is 1460. The zero-order valence-corrected chi connectivity index (χ0v) is 26.6. The van der Waals surface area contributed by atoms with Gasteiger partial charge >= 0.3 is 0 Å². The van der Waals surface area contributed by atoms with Gasteiger partial charge in [-0.3, -0.25) is 4.90 Å². The number of fused-ring (bicyclic) bond motifs is 4. The summed E-state index contributed by atoms with van der Waals surface area (Å²) in [5.41, 5.74) is 7.87. The van der Waals surface area contributed by atoms with Gasteiger partial charge in [0.1, 0.15) is 11.5 Å². The molecule has 1 aliphatic carbocycles. The van der Waals surface area contributed by atoms with Crippen LogP contribution in [0.4, 0.5) is 5.69 Å². The molecule has 6 rings (SSSR count). The molecule has 4 aliphatic rings. The number of allylic oxidation sites excluding steroid dienone is 1. The standard InChI is InChI=1S/C33H36Cl4N2O/c1-5-38-11-7-9-18(3)20-13-22-28(16-26(20)38)40-29-17-27-21(19(4)10-8-12-39(27)6-2)14-23(29)30(22)24-15-25(34)32(36)33(37)31(24)35/h13-19,26H,5-12H2,1-4H3. The summed E-state index contributed by atoms with van der Waals surface area (Å²) >= 11 is 26.7. The molecule has 3 aliphatic heterocycles. The van der Waals surface area contributed by atoms with Crippen molar-refractivity contribution < 1.29 is 4.74 Å². The van der Waals surface area contributed by atoms with Crippen LogP contribution >= 0.6 is 46.4 Å². The molecule has 1 fully saturated rings. The molecule has 0 N–H and O–H groups in total. The summed E-state index contributed by atoms with van der Waals surface area (Å²) in [5.74, 6) is 2.61. The number of likely N-dealkylation sites (tertiary alicyclic amines) is 1. The van der Waals surface area contributed by atoms with Crippen molar-refractivity contribution in [2.45, 2.75) is 65.3 Å². The first-order valence-electron chi connectivity index (χ1n) is 14.6. The van der Waals surface area contributed by atoms with Crippen LogP contribution in [0, 0.1) is 5.92 Å². The molecular formula is C33H36Cl4N2O. The lowest BCUT2D eigenvalue weighted by molar-refractivity contribution is 0.265. The maximum absolute atomic E-state index is 6.98. The number of benzene rings is 2. The van der Waals surface area contributed by atoms with E-state index in [0.717, 1.165) is 66.4 Å². The molecule has 0 bridgehead atoms. The average Bonchev–Trinajstić information content (AvgIpc) is 3.20. The van der Waals surface area contributed by atoms with Gasteiger partial charge in [0.2, 0.25) is 0 Å². The highest BCUT2D eigenvalue weighted by Crippen LogP contribution is 2.52. The highest BCUT2D eigenvalue weighted by Gasteiger charge is 2.37. The Hall–Kier alpha value is -1.62. The zero-order valence-electron chi connectivity index (χ0n) is 23.6. The molecule has 0 amide bonds. The normalized spacial score (nSPS) is 24.6. The van der Waals surface area contributed by atoms with Gasteiger partial charge in [-0.1, -0.05) is 67.2 Å². The van der Waals surface area contributed by atoms with Crippen molar-refractivity contribution in [3.05, 3.63) is 84.0 Å². The summed E-state index contributed by atoms with van der Waals surface area (Å²) in [6.07, 6.45) is 9.34. The summed E-state index contributed by atoms with van der Waals surface area (Å²) in [7, 11) is 0. The molecule has 7 heteroatoms. The van der Waals surface area contributed by atoms with E-state index in [-0.39, 0.29) is 16.1 Å².